The normalized spacial score (nSPS) is 12.1. The second kappa shape index (κ2) is 10.8. The number of carbonyl (C=O) groups excluding carboxylic acids is 2. The Balaban J connectivity index is 2.15. The van der Waals surface area contributed by atoms with Crippen molar-refractivity contribution in [1.29, 1.82) is 0 Å². The summed E-state index contributed by atoms with van der Waals surface area (Å²) < 4.78 is 4.86. The number of amides is 1. The van der Waals surface area contributed by atoms with Crippen molar-refractivity contribution in [2.24, 2.45) is 5.92 Å². The average Bonchev–Trinajstić information content (AvgIpc) is 2.69. The van der Waals surface area contributed by atoms with Crippen molar-refractivity contribution in [3.63, 3.8) is 0 Å². The van der Waals surface area contributed by atoms with Crippen LogP contribution in [0.1, 0.15) is 43.4 Å². The van der Waals surface area contributed by atoms with Crippen molar-refractivity contribution in [3.8, 4) is 0 Å². The summed E-state index contributed by atoms with van der Waals surface area (Å²) in [7, 11) is 1.39. The molecule has 0 saturated carbocycles. The van der Waals surface area contributed by atoms with E-state index in [-0.39, 0.29) is 24.3 Å². The van der Waals surface area contributed by atoms with Crippen LogP contribution in [0.15, 0.2) is 48.5 Å². The number of benzene rings is 2. The number of para-hydroxylation sites is 1. The van der Waals surface area contributed by atoms with Crippen LogP contribution in [0.3, 0.4) is 0 Å². The molecule has 1 unspecified atom stereocenters. The maximum atomic E-state index is 12.9. The van der Waals surface area contributed by atoms with Gasteiger partial charge in [-0.1, -0.05) is 69.3 Å². The Bertz CT molecular complexity index is 818. The van der Waals surface area contributed by atoms with Gasteiger partial charge in [0.15, 0.2) is 0 Å². The molecule has 0 fully saturated rings. The number of carbonyl (C=O) groups is 2. The van der Waals surface area contributed by atoms with Crippen LogP contribution in [-0.4, -0.2) is 37.0 Å². The molecule has 5 nitrogen and oxygen atoms in total. The Kier molecular flexibility index (Phi) is 8.40. The first kappa shape index (κ1) is 22.6. The topological polar surface area (TPSA) is 58.6 Å². The maximum absolute atomic E-state index is 12.9. The molecule has 1 atom stereocenters. The van der Waals surface area contributed by atoms with Gasteiger partial charge < -0.3 is 10.1 Å². The minimum atomic E-state index is -0.318. The zero-order valence-corrected chi connectivity index (χ0v) is 18.1. The van der Waals surface area contributed by atoms with E-state index in [0.29, 0.717) is 19.0 Å². The molecular formula is C24H32N2O3. The molecule has 2 aromatic carbocycles. The summed E-state index contributed by atoms with van der Waals surface area (Å²) in [5.41, 5.74) is 4.14. The van der Waals surface area contributed by atoms with Crippen molar-refractivity contribution in [2.75, 3.05) is 25.5 Å². The van der Waals surface area contributed by atoms with Crippen LogP contribution in [0, 0.1) is 12.8 Å². The first-order chi connectivity index (χ1) is 13.8. The lowest BCUT2D eigenvalue weighted by atomic mass is 9.98. The van der Waals surface area contributed by atoms with Gasteiger partial charge in [-0.25, -0.2) is 0 Å². The molecule has 2 aromatic rings. The first-order valence-corrected chi connectivity index (χ1v) is 10.0. The van der Waals surface area contributed by atoms with Gasteiger partial charge in [0, 0.05) is 18.8 Å². The van der Waals surface area contributed by atoms with Crippen LogP contribution >= 0.6 is 0 Å². The summed E-state index contributed by atoms with van der Waals surface area (Å²) >= 11 is 0. The molecule has 0 heterocycles. The molecule has 0 aliphatic heterocycles. The van der Waals surface area contributed by atoms with E-state index in [1.54, 1.807) is 0 Å². The van der Waals surface area contributed by atoms with Gasteiger partial charge in [0.2, 0.25) is 5.91 Å². The SMILES string of the molecule is COC(=O)C(C)CN(CC(=O)Nc1c(C)cccc1C(C)C)Cc1ccccc1. The van der Waals surface area contributed by atoms with Crippen molar-refractivity contribution in [1.82, 2.24) is 4.90 Å². The van der Waals surface area contributed by atoms with Crippen LogP contribution in [0.4, 0.5) is 5.69 Å². The van der Waals surface area contributed by atoms with E-state index in [9.17, 15) is 9.59 Å². The Labute approximate surface area is 174 Å². The van der Waals surface area contributed by atoms with Crippen molar-refractivity contribution in [2.45, 2.75) is 40.2 Å². The zero-order valence-electron chi connectivity index (χ0n) is 18.1. The minimum Gasteiger partial charge on any atom is -0.469 e. The predicted molar refractivity (Wildman–Crippen MR) is 117 cm³/mol. The van der Waals surface area contributed by atoms with Gasteiger partial charge in [0.25, 0.3) is 0 Å². The van der Waals surface area contributed by atoms with Gasteiger partial charge in [-0.2, -0.15) is 0 Å². The average molecular weight is 397 g/mol. The van der Waals surface area contributed by atoms with Crippen LogP contribution in [0.25, 0.3) is 0 Å². The first-order valence-electron chi connectivity index (χ1n) is 10.0. The second-order valence-electron chi connectivity index (χ2n) is 7.82. The highest BCUT2D eigenvalue weighted by Crippen LogP contribution is 2.27. The highest BCUT2D eigenvalue weighted by atomic mass is 16.5. The lowest BCUT2D eigenvalue weighted by Crippen LogP contribution is -2.38. The maximum Gasteiger partial charge on any atom is 0.309 e. The highest BCUT2D eigenvalue weighted by molar-refractivity contribution is 5.94. The van der Waals surface area contributed by atoms with Gasteiger partial charge in [0.1, 0.15) is 0 Å². The van der Waals surface area contributed by atoms with Gasteiger partial charge >= 0.3 is 5.97 Å². The summed E-state index contributed by atoms with van der Waals surface area (Å²) in [6.07, 6.45) is 0. The Hall–Kier alpha value is -2.66. The molecule has 1 N–H and O–H groups in total. The van der Waals surface area contributed by atoms with Gasteiger partial charge in [-0.3, -0.25) is 14.5 Å². The standard InChI is InChI=1S/C24H32N2O3/c1-17(2)21-13-9-10-18(3)23(21)25-22(27)16-26(14-19(4)24(28)29-5)15-20-11-7-6-8-12-20/h6-13,17,19H,14-16H2,1-5H3,(H,25,27). The Morgan fingerprint density at radius 2 is 1.72 bits per heavy atom. The fourth-order valence-electron chi connectivity index (χ4n) is 3.41. The number of nitrogens with zero attached hydrogens (tertiary/aromatic N) is 1. The smallest absolute Gasteiger partial charge is 0.309 e. The van der Waals surface area contributed by atoms with Crippen molar-refractivity contribution in [3.05, 3.63) is 65.2 Å². The molecule has 156 valence electrons. The summed E-state index contributed by atoms with van der Waals surface area (Å²) in [5.74, 6) is -0.371. The number of anilines is 1. The van der Waals surface area contributed by atoms with Crippen LogP contribution in [0.5, 0.6) is 0 Å². The summed E-state index contributed by atoms with van der Waals surface area (Å²) in [5, 5.41) is 3.10. The van der Waals surface area contributed by atoms with E-state index < -0.39 is 0 Å². The Morgan fingerprint density at radius 3 is 2.34 bits per heavy atom. The third-order valence-corrected chi connectivity index (χ3v) is 4.94. The molecule has 0 aliphatic rings. The van der Waals surface area contributed by atoms with Crippen LogP contribution in [-0.2, 0) is 20.9 Å². The van der Waals surface area contributed by atoms with E-state index in [4.69, 9.17) is 4.74 Å². The number of esters is 1. The number of nitrogens with one attached hydrogen (secondary N) is 1. The zero-order chi connectivity index (χ0) is 21.4. The third kappa shape index (κ3) is 6.71. The summed E-state index contributed by atoms with van der Waals surface area (Å²) in [6, 6.07) is 16.0. The number of hydrogen-bond donors (Lipinski definition) is 1. The van der Waals surface area contributed by atoms with E-state index in [1.807, 2.05) is 67.3 Å². The number of ether oxygens (including phenoxy) is 1. The molecular weight excluding hydrogens is 364 g/mol. The molecule has 0 saturated heterocycles. The van der Waals surface area contributed by atoms with E-state index in [1.165, 1.54) is 7.11 Å². The van der Waals surface area contributed by atoms with E-state index in [2.05, 4.69) is 19.2 Å². The fraction of sp³-hybridized carbons (Fsp3) is 0.417. The van der Waals surface area contributed by atoms with Gasteiger partial charge in [-0.05, 0) is 29.5 Å². The molecule has 29 heavy (non-hydrogen) atoms. The molecule has 2 rings (SSSR count). The molecule has 0 bridgehead atoms. The largest absolute Gasteiger partial charge is 0.469 e. The highest BCUT2D eigenvalue weighted by Gasteiger charge is 2.21. The second-order valence-corrected chi connectivity index (χ2v) is 7.82. The fourth-order valence-corrected chi connectivity index (χ4v) is 3.41. The predicted octanol–water partition coefficient (Wildman–Crippen LogP) is 4.37. The third-order valence-electron chi connectivity index (χ3n) is 4.94. The van der Waals surface area contributed by atoms with Crippen molar-refractivity contribution < 1.29 is 14.3 Å². The molecule has 0 aliphatic carbocycles. The molecule has 5 heteroatoms. The summed E-state index contributed by atoms with van der Waals surface area (Å²) in [6.45, 7) is 9.28. The van der Waals surface area contributed by atoms with E-state index in [0.717, 1.165) is 22.4 Å². The van der Waals surface area contributed by atoms with Gasteiger partial charge in [-0.15, -0.1) is 0 Å². The monoisotopic (exact) mass is 396 g/mol. The Morgan fingerprint density at radius 1 is 1.03 bits per heavy atom. The lowest BCUT2D eigenvalue weighted by Gasteiger charge is -2.25. The molecule has 0 radical (unpaired) electrons. The quantitative estimate of drug-likeness (QED) is 0.640. The lowest BCUT2D eigenvalue weighted by molar-refractivity contribution is -0.145. The molecule has 0 spiro atoms. The van der Waals surface area contributed by atoms with Crippen LogP contribution in [0.2, 0.25) is 0 Å². The van der Waals surface area contributed by atoms with E-state index >= 15 is 0 Å². The minimum absolute atomic E-state index is 0.0887. The number of methoxy groups -OCH3 is 1. The number of rotatable bonds is 9. The number of aryl methyl sites for hydroxylation is 1. The number of hydrogen-bond acceptors (Lipinski definition) is 4. The summed E-state index contributed by atoms with van der Waals surface area (Å²) in [4.78, 5) is 26.8. The molecule has 1 amide bonds. The van der Waals surface area contributed by atoms with Gasteiger partial charge in [0.05, 0.1) is 19.6 Å². The van der Waals surface area contributed by atoms with Crippen LogP contribution < -0.4 is 5.32 Å². The van der Waals surface area contributed by atoms with Crippen molar-refractivity contribution >= 4 is 17.6 Å². The molecule has 0 aromatic heterocycles.